The predicted octanol–water partition coefficient (Wildman–Crippen LogP) is 3.76. The number of rotatable bonds is 8. The second kappa shape index (κ2) is 9.78. The molecule has 1 fully saturated rings. The SMILES string of the molecule is O=C(O)/C=C(/C(=O)O)N1CCC[C@H](COc2ccc(F)cc2Oc2ccccc2)C1. The van der Waals surface area contributed by atoms with Crippen molar-refractivity contribution in [3.63, 3.8) is 0 Å². The minimum Gasteiger partial charge on any atom is -0.489 e. The Morgan fingerprint density at radius 1 is 1.13 bits per heavy atom. The molecule has 0 aliphatic carbocycles. The van der Waals surface area contributed by atoms with E-state index >= 15 is 0 Å². The smallest absolute Gasteiger partial charge is 0.352 e. The van der Waals surface area contributed by atoms with E-state index in [9.17, 15) is 19.1 Å². The molecule has 1 aliphatic rings. The van der Waals surface area contributed by atoms with Crippen molar-refractivity contribution in [2.24, 2.45) is 5.92 Å². The molecule has 0 radical (unpaired) electrons. The number of para-hydroxylation sites is 1. The van der Waals surface area contributed by atoms with Crippen molar-refractivity contribution in [3.05, 3.63) is 66.1 Å². The number of carbonyl (C=O) groups is 2. The van der Waals surface area contributed by atoms with Gasteiger partial charge in [0.25, 0.3) is 0 Å². The van der Waals surface area contributed by atoms with Crippen LogP contribution in [0.2, 0.25) is 0 Å². The molecule has 0 saturated carbocycles. The van der Waals surface area contributed by atoms with Gasteiger partial charge in [0.2, 0.25) is 0 Å². The van der Waals surface area contributed by atoms with Gasteiger partial charge in [-0.3, -0.25) is 0 Å². The topological polar surface area (TPSA) is 96.3 Å². The molecule has 158 valence electrons. The van der Waals surface area contributed by atoms with Crippen molar-refractivity contribution in [1.82, 2.24) is 4.90 Å². The van der Waals surface area contributed by atoms with Gasteiger partial charge in [-0.1, -0.05) is 18.2 Å². The Morgan fingerprint density at radius 3 is 2.60 bits per heavy atom. The lowest BCUT2D eigenvalue weighted by Gasteiger charge is -2.34. The summed E-state index contributed by atoms with van der Waals surface area (Å²) in [4.78, 5) is 23.9. The summed E-state index contributed by atoms with van der Waals surface area (Å²) in [5.74, 6) is -1.91. The van der Waals surface area contributed by atoms with Crippen LogP contribution in [-0.2, 0) is 9.59 Å². The molecular weight excluding hydrogens is 393 g/mol. The summed E-state index contributed by atoms with van der Waals surface area (Å²) < 4.78 is 25.3. The number of carboxylic acid groups (broad SMARTS) is 2. The number of likely N-dealkylation sites (tertiary alicyclic amines) is 1. The van der Waals surface area contributed by atoms with E-state index in [0.717, 1.165) is 6.42 Å². The molecule has 0 aromatic heterocycles. The van der Waals surface area contributed by atoms with E-state index in [4.69, 9.17) is 14.6 Å². The molecule has 0 amide bonds. The fourth-order valence-corrected chi connectivity index (χ4v) is 3.33. The first-order valence-corrected chi connectivity index (χ1v) is 9.50. The van der Waals surface area contributed by atoms with E-state index in [1.165, 1.54) is 18.2 Å². The summed E-state index contributed by atoms with van der Waals surface area (Å²) >= 11 is 0. The first kappa shape index (κ1) is 21.2. The van der Waals surface area contributed by atoms with Crippen LogP contribution in [0, 0.1) is 11.7 Å². The van der Waals surface area contributed by atoms with Crippen molar-refractivity contribution in [3.8, 4) is 17.2 Å². The van der Waals surface area contributed by atoms with E-state index in [1.807, 2.05) is 6.07 Å². The summed E-state index contributed by atoms with van der Waals surface area (Å²) in [5.41, 5.74) is -0.248. The second-order valence-electron chi connectivity index (χ2n) is 6.94. The third kappa shape index (κ3) is 5.73. The van der Waals surface area contributed by atoms with Crippen molar-refractivity contribution in [2.75, 3.05) is 19.7 Å². The van der Waals surface area contributed by atoms with Gasteiger partial charge in [0.05, 0.1) is 12.7 Å². The molecule has 3 rings (SSSR count). The van der Waals surface area contributed by atoms with Crippen LogP contribution < -0.4 is 9.47 Å². The first-order chi connectivity index (χ1) is 14.4. The molecule has 2 N–H and O–H groups in total. The summed E-state index contributed by atoms with van der Waals surface area (Å²) in [6, 6.07) is 12.9. The fourth-order valence-electron chi connectivity index (χ4n) is 3.33. The molecule has 1 aliphatic heterocycles. The molecule has 8 heteroatoms. The Balaban J connectivity index is 1.68. The maximum atomic E-state index is 13.7. The van der Waals surface area contributed by atoms with Crippen molar-refractivity contribution >= 4 is 11.9 Å². The van der Waals surface area contributed by atoms with Gasteiger partial charge in [0, 0.05) is 25.1 Å². The lowest BCUT2D eigenvalue weighted by atomic mass is 9.98. The van der Waals surface area contributed by atoms with Gasteiger partial charge < -0.3 is 24.6 Å². The van der Waals surface area contributed by atoms with Crippen molar-refractivity contribution in [1.29, 1.82) is 0 Å². The number of hydrogen-bond acceptors (Lipinski definition) is 5. The number of aliphatic carboxylic acids is 2. The number of hydrogen-bond donors (Lipinski definition) is 2. The number of benzene rings is 2. The molecule has 30 heavy (non-hydrogen) atoms. The summed E-state index contributed by atoms with van der Waals surface area (Å²) in [6.45, 7) is 1.07. The highest BCUT2D eigenvalue weighted by molar-refractivity contribution is 5.94. The lowest BCUT2D eigenvalue weighted by molar-refractivity contribution is -0.136. The molecular formula is C22H22FNO6. The maximum Gasteiger partial charge on any atom is 0.352 e. The number of piperidine rings is 1. The summed E-state index contributed by atoms with van der Waals surface area (Å²) in [5, 5.41) is 18.2. The van der Waals surface area contributed by atoms with Gasteiger partial charge >= 0.3 is 11.9 Å². The zero-order valence-corrected chi connectivity index (χ0v) is 16.2. The Bertz CT molecular complexity index is 930. The average Bonchev–Trinajstić information content (AvgIpc) is 2.72. The van der Waals surface area contributed by atoms with E-state index in [-0.39, 0.29) is 24.0 Å². The van der Waals surface area contributed by atoms with Crippen LogP contribution in [0.1, 0.15) is 12.8 Å². The standard InChI is InChI=1S/C22H22FNO6/c23-16-8-9-19(20(11-16)30-17-6-2-1-3-7-17)29-14-15-5-4-10-24(13-15)18(22(27)28)12-21(25)26/h1-3,6-9,11-12,15H,4-5,10,13-14H2,(H,25,26)(H,27,28)/b18-12-/t15-/m0/s1. The summed E-state index contributed by atoms with van der Waals surface area (Å²) in [7, 11) is 0. The molecule has 2 aromatic rings. The molecule has 0 bridgehead atoms. The van der Waals surface area contributed by atoms with Crippen LogP contribution in [0.3, 0.4) is 0 Å². The molecule has 0 spiro atoms. The highest BCUT2D eigenvalue weighted by atomic mass is 19.1. The highest BCUT2D eigenvalue weighted by Crippen LogP contribution is 2.33. The van der Waals surface area contributed by atoms with Crippen LogP contribution in [0.25, 0.3) is 0 Å². The fraction of sp³-hybridized carbons (Fsp3) is 0.273. The van der Waals surface area contributed by atoms with E-state index in [1.54, 1.807) is 29.2 Å². The van der Waals surface area contributed by atoms with Crippen LogP contribution in [-0.4, -0.2) is 46.7 Å². The molecule has 1 heterocycles. The third-order valence-corrected chi connectivity index (χ3v) is 4.69. The highest BCUT2D eigenvalue weighted by Gasteiger charge is 2.26. The lowest BCUT2D eigenvalue weighted by Crippen LogP contribution is -2.39. The zero-order chi connectivity index (χ0) is 21.5. The van der Waals surface area contributed by atoms with Crippen LogP contribution in [0.15, 0.2) is 60.3 Å². The van der Waals surface area contributed by atoms with Crippen LogP contribution in [0.4, 0.5) is 4.39 Å². The average molecular weight is 415 g/mol. The van der Waals surface area contributed by atoms with Gasteiger partial charge in [0.15, 0.2) is 11.5 Å². The van der Waals surface area contributed by atoms with E-state index < -0.39 is 17.8 Å². The Hall–Kier alpha value is -3.55. The van der Waals surface area contributed by atoms with Crippen LogP contribution >= 0.6 is 0 Å². The zero-order valence-electron chi connectivity index (χ0n) is 16.2. The number of nitrogens with zero attached hydrogens (tertiary/aromatic N) is 1. The van der Waals surface area contributed by atoms with E-state index in [0.29, 0.717) is 37.1 Å². The number of halogens is 1. The number of ether oxygens (including phenoxy) is 2. The minimum absolute atomic E-state index is 0.0232. The Morgan fingerprint density at radius 2 is 1.90 bits per heavy atom. The largest absolute Gasteiger partial charge is 0.489 e. The molecule has 7 nitrogen and oxygen atoms in total. The summed E-state index contributed by atoms with van der Waals surface area (Å²) in [6.07, 6.45) is 2.21. The Labute approximate surface area is 173 Å². The van der Waals surface area contributed by atoms with E-state index in [2.05, 4.69) is 0 Å². The molecule has 2 aromatic carbocycles. The van der Waals surface area contributed by atoms with Gasteiger partial charge in [-0.15, -0.1) is 0 Å². The quantitative estimate of drug-likeness (QED) is 0.634. The third-order valence-electron chi connectivity index (χ3n) is 4.69. The van der Waals surface area contributed by atoms with Crippen molar-refractivity contribution in [2.45, 2.75) is 12.8 Å². The van der Waals surface area contributed by atoms with Gasteiger partial charge in [-0.2, -0.15) is 0 Å². The predicted molar refractivity (Wildman–Crippen MR) is 106 cm³/mol. The molecule has 1 atom stereocenters. The maximum absolute atomic E-state index is 13.7. The Kier molecular flexibility index (Phi) is 6.90. The number of carboxylic acids is 2. The van der Waals surface area contributed by atoms with Crippen molar-refractivity contribution < 1.29 is 33.7 Å². The van der Waals surface area contributed by atoms with Crippen LogP contribution in [0.5, 0.6) is 17.2 Å². The monoisotopic (exact) mass is 415 g/mol. The normalized spacial score (nSPS) is 16.8. The second-order valence-corrected chi connectivity index (χ2v) is 6.94. The molecule has 1 saturated heterocycles. The van der Waals surface area contributed by atoms with Gasteiger partial charge in [-0.05, 0) is 37.1 Å². The molecule has 0 unspecified atom stereocenters. The first-order valence-electron chi connectivity index (χ1n) is 9.50. The minimum atomic E-state index is -1.31. The van der Waals surface area contributed by atoms with Gasteiger partial charge in [-0.25, -0.2) is 14.0 Å². The van der Waals surface area contributed by atoms with Gasteiger partial charge in [0.1, 0.15) is 17.3 Å².